The average molecular weight is 453 g/mol. The first kappa shape index (κ1) is 22.6. The third-order valence-corrected chi connectivity index (χ3v) is 7.08. The minimum absolute atomic E-state index is 0.0376. The summed E-state index contributed by atoms with van der Waals surface area (Å²) in [4.78, 5) is 12.6. The van der Waals surface area contributed by atoms with Crippen molar-refractivity contribution in [3.05, 3.63) is 33.3 Å². The highest BCUT2D eigenvalue weighted by Crippen LogP contribution is 2.38. The zero-order valence-corrected chi connectivity index (χ0v) is 18.9. The third kappa shape index (κ3) is 5.28. The van der Waals surface area contributed by atoms with Crippen molar-refractivity contribution in [2.75, 3.05) is 7.11 Å². The summed E-state index contributed by atoms with van der Waals surface area (Å²) in [5.74, 6) is -0.930. The number of esters is 1. The van der Waals surface area contributed by atoms with Crippen molar-refractivity contribution in [3.8, 4) is 0 Å². The smallest absolute Gasteiger partial charge is 0.311 e. The predicted octanol–water partition coefficient (Wildman–Crippen LogP) is 4.81. The standard InChI is InChI=1S/C18H27BrClNO3S/c1-11(2)15(16(22)24-7)18(6,21-25(23)17(3,4)5)12-8-9-13(19)14(20)10-12/h8-11,15,21H,1-7H3/t15?,18-,25?/m0/s1. The molecule has 3 atom stereocenters. The van der Waals surface area contributed by atoms with Crippen LogP contribution in [0.5, 0.6) is 0 Å². The number of hydrogen-bond acceptors (Lipinski definition) is 3. The van der Waals surface area contributed by atoms with Gasteiger partial charge in [0.1, 0.15) is 0 Å². The minimum atomic E-state index is -1.39. The summed E-state index contributed by atoms with van der Waals surface area (Å²) in [5.41, 5.74) is -0.133. The van der Waals surface area contributed by atoms with Gasteiger partial charge in [0.05, 0.1) is 39.3 Å². The molecule has 1 rings (SSSR count). The predicted molar refractivity (Wildman–Crippen MR) is 108 cm³/mol. The van der Waals surface area contributed by atoms with Gasteiger partial charge in [-0.15, -0.1) is 0 Å². The SMILES string of the molecule is COC(=O)C(C(C)C)[C@@](C)(NS(=O)C(C)(C)C)c1ccc(Br)c(Cl)c1. The van der Waals surface area contributed by atoms with E-state index in [0.717, 1.165) is 10.0 Å². The molecule has 2 unspecified atom stereocenters. The number of methoxy groups -OCH3 is 1. The van der Waals surface area contributed by atoms with E-state index in [0.29, 0.717) is 5.02 Å². The molecule has 1 aromatic rings. The highest BCUT2D eigenvalue weighted by atomic mass is 79.9. The molecule has 0 bridgehead atoms. The molecule has 1 N–H and O–H groups in total. The molecule has 0 aliphatic carbocycles. The first-order valence-corrected chi connectivity index (χ1v) is 10.4. The maximum Gasteiger partial charge on any atom is 0.311 e. The molecule has 0 aromatic heterocycles. The molecule has 0 aliphatic heterocycles. The van der Waals surface area contributed by atoms with Crippen molar-refractivity contribution in [3.63, 3.8) is 0 Å². The largest absolute Gasteiger partial charge is 0.469 e. The lowest BCUT2D eigenvalue weighted by atomic mass is 9.74. The van der Waals surface area contributed by atoms with Gasteiger partial charge in [-0.3, -0.25) is 4.79 Å². The Hall–Kier alpha value is -0.430. The second-order valence-electron chi connectivity index (χ2n) is 7.56. The lowest BCUT2D eigenvalue weighted by molar-refractivity contribution is -0.150. The van der Waals surface area contributed by atoms with Gasteiger partial charge >= 0.3 is 5.97 Å². The molecule has 0 radical (unpaired) electrons. The number of ether oxygens (including phenoxy) is 1. The molecule has 25 heavy (non-hydrogen) atoms. The molecule has 0 spiro atoms. The van der Waals surface area contributed by atoms with Crippen molar-refractivity contribution < 1.29 is 13.7 Å². The fourth-order valence-corrected chi connectivity index (χ4v) is 4.13. The number of halogens is 2. The van der Waals surface area contributed by atoms with Crippen molar-refractivity contribution in [1.82, 2.24) is 4.72 Å². The van der Waals surface area contributed by atoms with Gasteiger partial charge in [-0.25, -0.2) is 8.93 Å². The second kappa shape index (κ2) is 8.51. The Bertz CT molecular complexity index is 660. The van der Waals surface area contributed by atoms with Crippen LogP contribution in [0.15, 0.2) is 22.7 Å². The summed E-state index contributed by atoms with van der Waals surface area (Å²) < 4.78 is 21.4. The van der Waals surface area contributed by atoms with E-state index in [2.05, 4.69) is 20.7 Å². The molecule has 0 saturated carbocycles. The molecule has 0 saturated heterocycles. The van der Waals surface area contributed by atoms with Gasteiger partial charge in [0.25, 0.3) is 0 Å². The van der Waals surface area contributed by atoms with Gasteiger partial charge in [0, 0.05) is 4.47 Å². The van der Waals surface area contributed by atoms with Crippen LogP contribution in [0, 0.1) is 11.8 Å². The molecule has 0 aliphatic rings. The molecule has 4 nitrogen and oxygen atoms in total. The number of benzene rings is 1. The number of carbonyl (C=O) groups excluding carboxylic acids is 1. The van der Waals surface area contributed by atoms with Crippen molar-refractivity contribution in [1.29, 1.82) is 0 Å². The van der Waals surface area contributed by atoms with E-state index in [9.17, 15) is 9.00 Å². The Kier molecular flexibility index (Phi) is 7.69. The van der Waals surface area contributed by atoms with Crippen molar-refractivity contribution in [2.45, 2.75) is 51.8 Å². The summed E-state index contributed by atoms with van der Waals surface area (Å²) in [7, 11) is -0.0190. The lowest BCUT2D eigenvalue weighted by Crippen LogP contribution is -2.54. The fraction of sp³-hybridized carbons (Fsp3) is 0.611. The molecule has 1 aromatic carbocycles. The number of rotatable bonds is 6. The van der Waals surface area contributed by atoms with Crippen LogP contribution in [-0.4, -0.2) is 22.0 Å². The Labute approximate surface area is 166 Å². The number of hydrogen-bond donors (Lipinski definition) is 1. The topological polar surface area (TPSA) is 55.4 Å². The van der Waals surface area contributed by atoms with Gasteiger partial charge in [-0.05, 0) is 67.2 Å². The molecular formula is C18H27BrClNO3S. The molecule has 7 heteroatoms. The first-order valence-electron chi connectivity index (χ1n) is 8.07. The molecular weight excluding hydrogens is 426 g/mol. The first-order chi connectivity index (χ1) is 11.3. The Morgan fingerprint density at radius 2 is 1.84 bits per heavy atom. The minimum Gasteiger partial charge on any atom is -0.469 e. The maximum atomic E-state index is 12.8. The molecule has 142 valence electrons. The van der Waals surface area contributed by atoms with Crippen LogP contribution in [0.3, 0.4) is 0 Å². The molecule has 0 amide bonds. The second-order valence-corrected chi connectivity index (χ2v) is 10.8. The van der Waals surface area contributed by atoms with Crippen LogP contribution in [-0.2, 0) is 26.1 Å². The highest BCUT2D eigenvalue weighted by Gasteiger charge is 2.45. The van der Waals surface area contributed by atoms with Crippen molar-refractivity contribution in [2.24, 2.45) is 11.8 Å². The van der Waals surface area contributed by atoms with Gasteiger partial charge in [-0.2, -0.15) is 0 Å². The average Bonchev–Trinajstić information content (AvgIpc) is 2.48. The number of nitrogens with one attached hydrogen (secondary N) is 1. The quantitative estimate of drug-likeness (QED) is 0.630. The van der Waals surface area contributed by atoms with E-state index in [1.54, 1.807) is 6.07 Å². The Balaban J connectivity index is 3.56. The van der Waals surface area contributed by atoms with Crippen LogP contribution in [0.4, 0.5) is 0 Å². The van der Waals surface area contributed by atoms with E-state index in [1.165, 1.54) is 7.11 Å². The van der Waals surface area contributed by atoms with Crippen molar-refractivity contribution >= 4 is 44.5 Å². The Morgan fingerprint density at radius 3 is 2.24 bits per heavy atom. The highest BCUT2D eigenvalue weighted by molar-refractivity contribution is 9.10. The van der Waals surface area contributed by atoms with E-state index in [-0.39, 0.29) is 11.9 Å². The summed E-state index contributed by atoms with van der Waals surface area (Å²) in [6.07, 6.45) is 0. The van der Waals surface area contributed by atoms with Crippen LogP contribution >= 0.6 is 27.5 Å². The van der Waals surface area contributed by atoms with E-state index in [4.69, 9.17) is 16.3 Å². The zero-order chi connectivity index (χ0) is 19.6. The van der Waals surface area contributed by atoms with Gasteiger partial charge in [-0.1, -0.05) is 31.5 Å². The molecule has 0 fully saturated rings. The third-order valence-electron chi connectivity index (χ3n) is 4.12. The number of carbonyl (C=O) groups is 1. The van der Waals surface area contributed by atoms with Crippen LogP contribution in [0.2, 0.25) is 5.02 Å². The van der Waals surface area contributed by atoms with Gasteiger partial charge < -0.3 is 4.74 Å². The van der Waals surface area contributed by atoms with Gasteiger partial charge in [0.15, 0.2) is 0 Å². The molecule has 0 heterocycles. The van der Waals surface area contributed by atoms with Crippen LogP contribution in [0.25, 0.3) is 0 Å². The maximum absolute atomic E-state index is 12.8. The van der Waals surface area contributed by atoms with E-state index >= 15 is 0 Å². The normalized spacial score (nSPS) is 17.0. The summed E-state index contributed by atoms with van der Waals surface area (Å²) >= 11 is 9.66. The summed E-state index contributed by atoms with van der Waals surface area (Å²) in [5, 5.41) is 0.527. The van der Waals surface area contributed by atoms with Crippen LogP contribution in [0.1, 0.15) is 47.1 Å². The zero-order valence-electron chi connectivity index (χ0n) is 15.8. The monoisotopic (exact) mass is 451 g/mol. The summed E-state index contributed by atoms with van der Waals surface area (Å²) in [6, 6.07) is 5.49. The fourth-order valence-electron chi connectivity index (χ4n) is 2.77. The van der Waals surface area contributed by atoms with Gasteiger partial charge in [0.2, 0.25) is 0 Å². The van der Waals surface area contributed by atoms with E-state index in [1.807, 2.05) is 53.7 Å². The summed E-state index contributed by atoms with van der Waals surface area (Å²) in [6.45, 7) is 11.4. The van der Waals surface area contributed by atoms with E-state index < -0.39 is 27.2 Å². The lowest BCUT2D eigenvalue weighted by Gasteiger charge is -2.40. The Morgan fingerprint density at radius 1 is 1.28 bits per heavy atom. The van der Waals surface area contributed by atoms with Crippen LogP contribution < -0.4 is 4.72 Å².